The molecule has 0 aromatic rings. The fourth-order valence-corrected chi connectivity index (χ4v) is 1.72. The summed E-state index contributed by atoms with van der Waals surface area (Å²) >= 11 is 0. The number of carbonyl (C=O) groups is 1. The summed E-state index contributed by atoms with van der Waals surface area (Å²) in [7, 11) is 1.44. The highest BCUT2D eigenvalue weighted by Gasteiger charge is 2.20. The maximum atomic E-state index is 11.3. The van der Waals surface area contributed by atoms with Crippen molar-refractivity contribution in [3.8, 4) is 0 Å². The van der Waals surface area contributed by atoms with Gasteiger partial charge in [0, 0.05) is 6.04 Å². The van der Waals surface area contributed by atoms with Crippen molar-refractivity contribution in [1.29, 1.82) is 0 Å². The molecule has 80 valence electrons. The normalized spacial score (nSPS) is 23.1. The molecule has 1 aliphatic rings. The van der Waals surface area contributed by atoms with Crippen molar-refractivity contribution in [2.75, 3.05) is 7.11 Å². The average molecular weight is 197 g/mol. The van der Waals surface area contributed by atoms with E-state index in [2.05, 4.69) is 17.5 Å². The van der Waals surface area contributed by atoms with Crippen LogP contribution in [0.15, 0.2) is 12.2 Å². The summed E-state index contributed by atoms with van der Waals surface area (Å²) in [6, 6.07) is 0.292. The van der Waals surface area contributed by atoms with Gasteiger partial charge >= 0.3 is 5.97 Å². The molecule has 0 bridgehead atoms. The Morgan fingerprint density at radius 1 is 1.64 bits per heavy atom. The Morgan fingerprint density at radius 3 is 2.93 bits per heavy atom. The van der Waals surface area contributed by atoms with E-state index in [1.165, 1.54) is 7.11 Å². The quantitative estimate of drug-likeness (QED) is 0.550. The van der Waals surface area contributed by atoms with Crippen LogP contribution in [0.5, 0.6) is 0 Å². The predicted octanol–water partition coefficient (Wildman–Crippen LogP) is 1.64. The maximum absolute atomic E-state index is 11.3. The van der Waals surface area contributed by atoms with Crippen molar-refractivity contribution < 1.29 is 9.53 Å². The lowest BCUT2D eigenvalue weighted by atomic mass is 10.0. The van der Waals surface area contributed by atoms with Crippen LogP contribution in [-0.2, 0) is 9.53 Å². The van der Waals surface area contributed by atoms with Crippen LogP contribution >= 0.6 is 0 Å². The number of nitrogens with one attached hydrogen (secondary N) is 1. The van der Waals surface area contributed by atoms with Crippen LogP contribution in [0.1, 0.15) is 32.6 Å². The Hall–Kier alpha value is -0.830. The molecule has 1 rings (SSSR count). The van der Waals surface area contributed by atoms with Gasteiger partial charge in [-0.05, 0) is 25.7 Å². The van der Waals surface area contributed by atoms with Crippen LogP contribution in [0.4, 0.5) is 0 Å². The molecule has 0 radical (unpaired) electrons. The highest BCUT2D eigenvalue weighted by Crippen LogP contribution is 2.12. The van der Waals surface area contributed by atoms with Crippen LogP contribution in [-0.4, -0.2) is 25.2 Å². The number of carbonyl (C=O) groups excluding carboxylic acids is 1. The smallest absolute Gasteiger partial charge is 0.322 e. The minimum atomic E-state index is -0.151. The molecule has 3 nitrogen and oxygen atoms in total. The first-order chi connectivity index (χ1) is 6.77. The van der Waals surface area contributed by atoms with Crippen LogP contribution in [0.2, 0.25) is 0 Å². The van der Waals surface area contributed by atoms with Gasteiger partial charge in [-0.15, -0.1) is 0 Å². The summed E-state index contributed by atoms with van der Waals surface area (Å²) in [5, 5.41) is 3.33. The Kier molecular flexibility index (Phi) is 4.66. The molecular weight excluding hydrogens is 178 g/mol. The summed E-state index contributed by atoms with van der Waals surface area (Å²) < 4.78 is 4.73. The number of rotatable bonds is 4. The van der Waals surface area contributed by atoms with E-state index < -0.39 is 0 Å². The van der Waals surface area contributed by atoms with Gasteiger partial charge in [0.15, 0.2) is 0 Å². The van der Waals surface area contributed by atoms with E-state index in [0.717, 1.165) is 25.7 Å². The van der Waals surface area contributed by atoms with E-state index in [4.69, 9.17) is 4.74 Å². The van der Waals surface area contributed by atoms with Gasteiger partial charge in [-0.25, -0.2) is 0 Å². The minimum Gasteiger partial charge on any atom is -0.468 e. The molecule has 2 unspecified atom stereocenters. The zero-order valence-electron chi connectivity index (χ0n) is 8.95. The number of esters is 1. The van der Waals surface area contributed by atoms with E-state index in [0.29, 0.717) is 6.04 Å². The molecule has 2 atom stereocenters. The number of ether oxygens (including phenoxy) is 1. The van der Waals surface area contributed by atoms with E-state index >= 15 is 0 Å². The third kappa shape index (κ3) is 3.14. The molecule has 0 aromatic heterocycles. The minimum absolute atomic E-state index is 0.142. The lowest BCUT2D eigenvalue weighted by Crippen LogP contribution is -2.43. The Labute approximate surface area is 85.5 Å². The Morgan fingerprint density at radius 2 is 2.43 bits per heavy atom. The summed E-state index contributed by atoms with van der Waals surface area (Å²) in [4.78, 5) is 11.3. The van der Waals surface area contributed by atoms with Crippen molar-refractivity contribution in [3.63, 3.8) is 0 Å². The van der Waals surface area contributed by atoms with Crippen molar-refractivity contribution in [2.24, 2.45) is 0 Å². The van der Waals surface area contributed by atoms with Crippen molar-refractivity contribution in [3.05, 3.63) is 12.2 Å². The number of allylic oxidation sites excluding steroid dienone is 1. The number of hydrogen-bond acceptors (Lipinski definition) is 3. The molecule has 0 aromatic carbocycles. The largest absolute Gasteiger partial charge is 0.468 e. The van der Waals surface area contributed by atoms with Crippen LogP contribution in [0.3, 0.4) is 0 Å². The molecule has 0 aliphatic heterocycles. The second-order valence-corrected chi connectivity index (χ2v) is 3.63. The molecule has 0 fully saturated rings. The second kappa shape index (κ2) is 5.81. The fourth-order valence-electron chi connectivity index (χ4n) is 1.72. The van der Waals surface area contributed by atoms with Crippen LogP contribution in [0.25, 0.3) is 0 Å². The fraction of sp³-hybridized carbons (Fsp3) is 0.727. The summed E-state index contributed by atoms with van der Waals surface area (Å²) in [6.07, 6.45) is 8.39. The van der Waals surface area contributed by atoms with E-state index in [1.807, 2.05) is 6.92 Å². The molecule has 1 N–H and O–H groups in total. The molecule has 0 heterocycles. The van der Waals surface area contributed by atoms with Gasteiger partial charge in [0.2, 0.25) is 0 Å². The van der Waals surface area contributed by atoms with Crippen molar-refractivity contribution in [2.45, 2.75) is 44.7 Å². The predicted molar refractivity (Wildman–Crippen MR) is 56.0 cm³/mol. The summed E-state index contributed by atoms with van der Waals surface area (Å²) in [6.45, 7) is 1.99. The Bertz CT molecular complexity index is 213. The van der Waals surface area contributed by atoms with E-state index in [9.17, 15) is 4.79 Å². The Balaban J connectivity index is 2.39. The van der Waals surface area contributed by atoms with Gasteiger partial charge in [-0.3, -0.25) is 4.79 Å². The van der Waals surface area contributed by atoms with Gasteiger partial charge in [0.25, 0.3) is 0 Å². The number of hydrogen-bond donors (Lipinski definition) is 1. The highest BCUT2D eigenvalue weighted by atomic mass is 16.5. The van der Waals surface area contributed by atoms with Gasteiger partial charge < -0.3 is 10.1 Å². The molecule has 14 heavy (non-hydrogen) atoms. The zero-order valence-corrected chi connectivity index (χ0v) is 8.95. The lowest BCUT2D eigenvalue weighted by Gasteiger charge is -2.24. The topological polar surface area (TPSA) is 38.3 Å². The molecule has 0 saturated carbocycles. The molecular formula is C11H19NO2. The van der Waals surface area contributed by atoms with E-state index in [1.54, 1.807) is 0 Å². The summed E-state index contributed by atoms with van der Waals surface area (Å²) in [5.41, 5.74) is 0. The maximum Gasteiger partial charge on any atom is 0.322 e. The third-order valence-electron chi connectivity index (χ3n) is 2.60. The second-order valence-electron chi connectivity index (χ2n) is 3.63. The van der Waals surface area contributed by atoms with Crippen LogP contribution in [0, 0.1) is 0 Å². The number of methoxy groups -OCH3 is 1. The summed E-state index contributed by atoms with van der Waals surface area (Å²) in [5.74, 6) is -0.151. The lowest BCUT2D eigenvalue weighted by molar-refractivity contribution is -0.143. The molecule has 0 spiro atoms. The van der Waals surface area contributed by atoms with Crippen LogP contribution < -0.4 is 5.32 Å². The molecule has 0 saturated heterocycles. The van der Waals surface area contributed by atoms with Gasteiger partial charge in [-0.2, -0.15) is 0 Å². The third-order valence-corrected chi connectivity index (χ3v) is 2.60. The van der Waals surface area contributed by atoms with Gasteiger partial charge in [0.1, 0.15) is 6.04 Å². The first kappa shape index (κ1) is 11.2. The standard InChI is InChI=1S/C11H19NO2/c1-3-10(11(13)14-2)12-9-7-5-4-6-8-9/h4-5,9-10,12H,3,6-8H2,1-2H3. The molecule has 0 amide bonds. The van der Waals surface area contributed by atoms with Gasteiger partial charge in [-0.1, -0.05) is 19.1 Å². The highest BCUT2D eigenvalue weighted by molar-refractivity contribution is 5.75. The van der Waals surface area contributed by atoms with Crippen molar-refractivity contribution in [1.82, 2.24) is 5.32 Å². The zero-order chi connectivity index (χ0) is 10.4. The van der Waals surface area contributed by atoms with E-state index in [-0.39, 0.29) is 12.0 Å². The van der Waals surface area contributed by atoms with Crippen molar-refractivity contribution >= 4 is 5.97 Å². The average Bonchev–Trinajstić information content (AvgIpc) is 2.26. The monoisotopic (exact) mass is 197 g/mol. The van der Waals surface area contributed by atoms with Gasteiger partial charge in [0.05, 0.1) is 7.11 Å². The molecule has 1 aliphatic carbocycles. The first-order valence-electron chi connectivity index (χ1n) is 5.26. The molecule has 3 heteroatoms. The first-order valence-corrected chi connectivity index (χ1v) is 5.26. The SMILES string of the molecule is CCC(NC1CC=CCC1)C(=O)OC.